The number of phosphoric acid groups is 1. The van der Waals surface area contributed by atoms with Gasteiger partial charge in [0, 0.05) is 19.4 Å². The van der Waals surface area contributed by atoms with Gasteiger partial charge in [0.2, 0.25) is 0 Å². The molecule has 0 saturated carbocycles. The van der Waals surface area contributed by atoms with Gasteiger partial charge in [0.15, 0.2) is 6.10 Å². The van der Waals surface area contributed by atoms with Gasteiger partial charge in [-0.05, 0) is 70.6 Å². The molecule has 0 amide bonds. The van der Waals surface area contributed by atoms with Crippen molar-refractivity contribution < 1.29 is 37.6 Å². The fraction of sp³-hybridized carbons (Fsp3) is 0.714. The molecule has 0 aliphatic heterocycles. The summed E-state index contributed by atoms with van der Waals surface area (Å²) in [5.41, 5.74) is 5.37. The number of hydrogen-bond acceptors (Lipinski definition) is 8. The average molecular weight is 944 g/mol. The number of hydrogen-bond donors (Lipinski definition) is 2. The maximum Gasteiger partial charge on any atom is 0.472 e. The lowest BCUT2D eigenvalue weighted by molar-refractivity contribution is -0.161. The molecule has 380 valence electrons. The van der Waals surface area contributed by atoms with Crippen LogP contribution in [-0.2, 0) is 32.7 Å². The number of nitrogens with two attached hydrogens (primary N) is 1. The van der Waals surface area contributed by atoms with E-state index < -0.39 is 26.5 Å². The van der Waals surface area contributed by atoms with Gasteiger partial charge < -0.3 is 20.1 Å². The molecule has 0 aliphatic rings. The Bertz CT molecular complexity index is 1350. The Hall–Kier alpha value is -2.81. The molecule has 66 heavy (non-hydrogen) atoms. The van der Waals surface area contributed by atoms with Crippen LogP contribution in [0.25, 0.3) is 0 Å². The molecule has 2 atom stereocenters. The Kier molecular flexibility index (Phi) is 49.4. The number of phosphoric ester groups is 1. The van der Waals surface area contributed by atoms with Gasteiger partial charge in [-0.3, -0.25) is 18.6 Å². The second-order valence-electron chi connectivity index (χ2n) is 17.4. The Morgan fingerprint density at radius 1 is 0.470 bits per heavy atom. The fourth-order valence-corrected chi connectivity index (χ4v) is 7.91. The van der Waals surface area contributed by atoms with Crippen molar-refractivity contribution >= 4 is 19.8 Å². The smallest absolute Gasteiger partial charge is 0.462 e. The monoisotopic (exact) mass is 944 g/mol. The summed E-state index contributed by atoms with van der Waals surface area (Å²) in [5.74, 6) is -0.839. The van der Waals surface area contributed by atoms with E-state index in [1.54, 1.807) is 0 Å². The molecule has 0 aliphatic carbocycles. The van der Waals surface area contributed by atoms with Crippen molar-refractivity contribution in [3.8, 4) is 0 Å². The van der Waals surface area contributed by atoms with E-state index in [2.05, 4.69) is 98.9 Å². The van der Waals surface area contributed by atoms with Crippen LogP contribution in [0.4, 0.5) is 0 Å². The number of carbonyl (C=O) groups is 2. The number of esters is 2. The zero-order chi connectivity index (χ0) is 48.1. The second-order valence-corrected chi connectivity index (χ2v) is 18.8. The summed E-state index contributed by atoms with van der Waals surface area (Å²) >= 11 is 0. The summed E-state index contributed by atoms with van der Waals surface area (Å²) in [6, 6.07) is 0. The van der Waals surface area contributed by atoms with Gasteiger partial charge in [0.05, 0.1) is 13.2 Å². The van der Waals surface area contributed by atoms with Gasteiger partial charge in [-0.2, -0.15) is 0 Å². The quantitative estimate of drug-likeness (QED) is 0.0265. The summed E-state index contributed by atoms with van der Waals surface area (Å²) in [5, 5.41) is 0. The number of unbranched alkanes of at least 4 members (excludes halogenated alkanes) is 22. The Balaban J connectivity index is 4.06. The van der Waals surface area contributed by atoms with Crippen molar-refractivity contribution in [2.45, 2.75) is 232 Å². The molecule has 0 aromatic rings. The number of rotatable bonds is 49. The first-order chi connectivity index (χ1) is 32.3. The van der Waals surface area contributed by atoms with Gasteiger partial charge in [-0.1, -0.05) is 227 Å². The Labute approximate surface area is 404 Å². The zero-order valence-electron chi connectivity index (χ0n) is 42.2. The van der Waals surface area contributed by atoms with Gasteiger partial charge in [-0.15, -0.1) is 0 Å². The first-order valence-corrected chi connectivity index (χ1v) is 28.1. The predicted octanol–water partition coefficient (Wildman–Crippen LogP) is 16.3. The van der Waals surface area contributed by atoms with E-state index in [1.807, 2.05) is 0 Å². The van der Waals surface area contributed by atoms with E-state index in [9.17, 15) is 19.0 Å². The van der Waals surface area contributed by atoms with Crippen LogP contribution in [0.1, 0.15) is 226 Å². The molecule has 0 heterocycles. The van der Waals surface area contributed by atoms with Gasteiger partial charge >= 0.3 is 19.8 Å². The van der Waals surface area contributed by atoms with E-state index in [0.29, 0.717) is 6.42 Å². The zero-order valence-corrected chi connectivity index (χ0v) is 43.0. The topological polar surface area (TPSA) is 134 Å². The fourth-order valence-electron chi connectivity index (χ4n) is 7.15. The van der Waals surface area contributed by atoms with Crippen molar-refractivity contribution in [3.05, 3.63) is 85.1 Å². The summed E-state index contributed by atoms with van der Waals surface area (Å²) in [7, 11) is -4.39. The molecule has 9 nitrogen and oxygen atoms in total. The molecule has 0 aromatic heterocycles. The van der Waals surface area contributed by atoms with Crippen LogP contribution in [0.3, 0.4) is 0 Å². The molecule has 10 heteroatoms. The highest BCUT2D eigenvalue weighted by Gasteiger charge is 2.26. The molecule has 2 unspecified atom stereocenters. The van der Waals surface area contributed by atoms with Crippen molar-refractivity contribution in [2.75, 3.05) is 26.4 Å². The van der Waals surface area contributed by atoms with Crippen molar-refractivity contribution in [3.63, 3.8) is 0 Å². The lowest BCUT2D eigenvalue weighted by atomic mass is 10.0. The molecule has 0 radical (unpaired) electrons. The van der Waals surface area contributed by atoms with Crippen LogP contribution in [-0.4, -0.2) is 49.3 Å². The minimum absolute atomic E-state index is 0.0486. The van der Waals surface area contributed by atoms with Crippen LogP contribution in [0.15, 0.2) is 85.1 Å². The van der Waals surface area contributed by atoms with Crippen LogP contribution in [0.2, 0.25) is 0 Å². The maximum atomic E-state index is 12.7. The lowest BCUT2D eigenvalue weighted by Gasteiger charge is -2.19. The normalized spacial score (nSPS) is 13.8. The number of ether oxygens (including phenoxy) is 2. The SMILES string of the molecule is CC/C=C\C/C=C\C/C=C\C/C=C\C/C=C\C/C=C\C/C=C\CCCCCCCCCC(=O)OC(COC(=O)CCCCCCCCCCCCCCCCCC)COP(=O)(O)OCCN. The molecule has 0 saturated heterocycles. The minimum atomic E-state index is -4.39. The largest absolute Gasteiger partial charge is 0.472 e. The second kappa shape index (κ2) is 51.6. The van der Waals surface area contributed by atoms with E-state index in [-0.39, 0.29) is 38.6 Å². The minimum Gasteiger partial charge on any atom is -0.462 e. The number of carbonyl (C=O) groups excluding carboxylic acids is 2. The molecule has 0 spiro atoms. The summed E-state index contributed by atoms with van der Waals surface area (Å²) < 4.78 is 32.9. The Morgan fingerprint density at radius 3 is 1.24 bits per heavy atom. The van der Waals surface area contributed by atoms with Crippen molar-refractivity contribution in [1.29, 1.82) is 0 Å². The van der Waals surface area contributed by atoms with Crippen LogP contribution in [0.5, 0.6) is 0 Å². The highest BCUT2D eigenvalue weighted by molar-refractivity contribution is 7.47. The van der Waals surface area contributed by atoms with E-state index in [1.165, 1.54) is 103 Å². The van der Waals surface area contributed by atoms with Gasteiger partial charge in [0.1, 0.15) is 6.61 Å². The third kappa shape index (κ3) is 50.6. The molecular weight excluding hydrogens is 846 g/mol. The summed E-state index contributed by atoms with van der Waals surface area (Å²) in [4.78, 5) is 35.1. The molecule has 0 fully saturated rings. The molecule has 3 N–H and O–H groups in total. The van der Waals surface area contributed by atoms with Crippen LogP contribution in [0, 0.1) is 0 Å². The molecule has 0 aromatic carbocycles. The van der Waals surface area contributed by atoms with Crippen molar-refractivity contribution in [1.82, 2.24) is 0 Å². The summed E-state index contributed by atoms with van der Waals surface area (Å²) in [6.45, 7) is 3.62. The van der Waals surface area contributed by atoms with E-state index >= 15 is 0 Å². The highest BCUT2D eigenvalue weighted by atomic mass is 31.2. The van der Waals surface area contributed by atoms with Crippen molar-refractivity contribution in [2.24, 2.45) is 5.73 Å². The van der Waals surface area contributed by atoms with E-state index in [4.69, 9.17) is 24.3 Å². The Morgan fingerprint density at radius 2 is 0.833 bits per heavy atom. The first-order valence-electron chi connectivity index (χ1n) is 26.6. The third-order valence-electron chi connectivity index (χ3n) is 11.0. The lowest BCUT2D eigenvalue weighted by Crippen LogP contribution is -2.29. The first kappa shape index (κ1) is 63.2. The standard InChI is InChI=1S/C56H98NO8P/c1-3-5-7-9-11-13-15-17-19-21-22-23-24-25-26-27-28-29-30-31-32-33-35-37-39-41-43-45-47-49-56(59)65-54(53-64-66(60,61)63-51-50-57)52-62-55(58)48-46-44-42-40-38-36-34-20-18-16-14-12-10-8-6-4-2/h5,7,11,13,17,19,22-23,25-26,28-29,31-32,54H,3-4,6,8-10,12,14-16,18,20-21,24,27,30,33-53,57H2,1-2H3,(H,60,61)/b7-5-,13-11-,19-17-,23-22-,26-25-,29-28-,32-31-. The molecule has 0 rings (SSSR count). The summed E-state index contributed by atoms with van der Waals surface area (Å²) in [6.07, 6.45) is 66.2. The highest BCUT2D eigenvalue weighted by Crippen LogP contribution is 2.43. The van der Waals surface area contributed by atoms with Crippen LogP contribution >= 0.6 is 7.82 Å². The van der Waals surface area contributed by atoms with Gasteiger partial charge in [0.25, 0.3) is 0 Å². The van der Waals surface area contributed by atoms with E-state index in [0.717, 1.165) is 89.9 Å². The molecular formula is C56H98NO8P. The van der Waals surface area contributed by atoms with Crippen LogP contribution < -0.4 is 5.73 Å². The van der Waals surface area contributed by atoms with Gasteiger partial charge in [-0.25, -0.2) is 4.57 Å². The third-order valence-corrected chi connectivity index (χ3v) is 12.0. The molecule has 0 bridgehead atoms. The number of allylic oxidation sites excluding steroid dienone is 14. The average Bonchev–Trinajstić information content (AvgIpc) is 3.31. The predicted molar refractivity (Wildman–Crippen MR) is 279 cm³/mol. The maximum absolute atomic E-state index is 12.7.